The Labute approximate surface area is 438 Å². The first-order valence-corrected chi connectivity index (χ1v) is 26.5. The number of carbonyl (C=O) groups excluding carboxylic acids is 9. The number of carboxylic acid groups (broad SMARTS) is 1. The predicted octanol–water partition coefficient (Wildman–Crippen LogP) is -0.998. The number of hydrogen-bond donors (Lipinski definition) is 14. The highest BCUT2D eigenvalue weighted by molar-refractivity contribution is 5.98. The molecule has 74 heavy (non-hydrogen) atoms. The summed E-state index contributed by atoms with van der Waals surface area (Å²) in [6.45, 7) is 19.5. The molecule has 0 aromatic rings. The number of rotatable bonds is 38. The maximum absolute atomic E-state index is 13.9. The van der Waals surface area contributed by atoms with E-state index in [1.54, 1.807) is 20.8 Å². The number of carbonyl (C=O) groups is 10. The van der Waals surface area contributed by atoms with Gasteiger partial charge in [0, 0.05) is 0 Å². The van der Waals surface area contributed by atoms with Crippen LogP contribution < -0.4 is 70.8 Å². The number of unbranched alkanes of at least 4 members (excludes halogenated alkanes) is 3. The summed E-state index contributed by atoms with van der Waals surface area (Å²) in [6, 6.07) is -11.3. The average Bonchev–Trinajstić information content (AvgIpc) is 3.32. The van der Waals surface area contributed by atoms with Crippen molar-refractivity contribution in [2.45, 2.75) is 214 Å². The van der Waals surface area contributed by atoms with Gasteiger partial charge in [-0.05, 0) is 128 Å². The molecule has 0 radical (unpaired) electrons. The van der Waals surface area contributed by atoms with Crippen LogP contribution in [0.25, 0.3) is 0 Å². The van der Waals surface area contributed by atoms with Gasteiger partial charge in [-0.15, -0.1) is 0 Å². The number of aliphatic carboxylic acids is 1. The minimum absolute atomic E-state index is 0.0361. The summed E-state index contributed by atoms with van der Waals surface area (Å²) in [7, 11) is 0. The first-order valence-electron chi connectivity index (χ1n) is 26.5. The third kappa shape index (κ3) is 26.7. The molecule has 24 nitrogen and oxygen atoms in total. The summed E-state index contributed by atoms with van der Waals surface area (Å²) in [5, 5.41) is 33.3. The molecule has 0 aromatic heterocycles. The second-order valence-electron chi connectivity index (χ2n) is 20.6. The molecule has 426 valence electrons. The second kappa shape index (κ2) is 36.5. The SMILES string of the molecule is CCC(C)C(NC(=O)C(N)CCCCN)C(=O)NC(C)C(=O)NC(CCCCN)C(=O)NC(C(=O)NC(C)C(=O)NC(CC(C)C)C(=O)NC(CCCCN)C(=O)NC(C)C(=O)NC(CC(C)C)C(=O)O)C(C)C. The zero-order valence-electron chi connectivity index (χ0n) is 46.0. The molecule has 0 saturated carbocycles. The Morgan fingerprint density at radius 2 is 0.730 bits per heavy atom. The molecule has 0 aromatic carbocycles. The lowest BCUT2D eigenvalue weighted by Crippen LogP contribution is -2.61. The lowest BCUT2D eigenvalue weighted by molar-refractivity contribution is -0.142. The van der Waals surface area contributed by atoms with Crippen LogP contribution in [0.15, 0.2) is 0 Å². The minimum atomic E-state index is -1.24. The van der Waals surface area contributed by atoms with Crippen molar-refractivity contribution in [1.82, 2.24) is 47.9 Å². The monoisotopic (exact) mass is 1050 g/mol. The highest BCUT2D eigenvalue weighted by atomic mass is 16.4. The summed E-state index contributed by atoms with van der Waals surface area (Å²) >= 11 is 0. The number of carboxylic acids is 1. The standard InChI is InChI=1S/C50H95N13O11/c1-12-30(8)40(63-44(67)34(54)19-13-16-22-51)49(72)57-32(10)41(64)58-36(21-15-18-24-53)46(69)62-39(29(6)7)48(71)56-33(11)42(65)60-37(25-27(2)3)47(70)59-35(20-14-17-23-52)45(68)55-31(9)43(66)61-38(50(73)74)26-28(4)5/h27-40H,12-26,51-54H2,1-11H3,(H,55,68)(H,56,71)(H,57,72)(H,58,64)(H,59,70)(H,60,65)(H,61,66)(H,62,69)(H,63,67)(H,73,74). The first-order chi connectivity index (χ1) is 34.6. The van der Waals surface area contributed by atoms with Crippen molar-refractivity contribution in [3.63, 3.8) is 0 Å². The molecule has 0 saturated heterocycles. The van der Waals surface area contributed by atoms with Crippen molar-refractivity contribution in [2.75, 3.05) is 19.6 Å². The van der Waals surface area contributed by atoms with Crippen LogP contribution >= 0.6 is 0 Å². The Balaban J connectivity index is 6.14. The van der Waals surface area contributed by atoms with Crippen molar-refractivity contribution < 1.29 is 53.1 Å². The van der Waals surface area contributed by atoms with Crippen molar-refractivity contribution in [2.24, 2.45) is 46.6 Å². The van der Waals surface area contributed by atoms with E-state index in [4.69, 9.17) is 22.9 Å². The zero-order valence-corrected chi connectivity index (χ0v) is 46.0. The van der Waals surface area contributed by atoms with Crippen LogP contribution in [0.5, 0.6) is 0 Å². The quantitative estimate of drug-likeness (QED) is 0.0330. The van der Waals surface area contributed by atoms with Crippen LogP contribution in [0.3, 0.4) is 0 Å². The third-order valence-electron chi connectivity index (χ3n) is 12.4. The normalized spacial score (nSPS) is 15.9. The van der Waals surface area contributed by atoms with Crippen molar-refractivity contribution in [3.8, 4) is 0 Å². The van der Waals surface area contributed by atoms with Gasteiger partial charge < -0.3 is 75.9 Å². The van der Waals surface area contributed by atoms with Gasteiger partial charge in [0.2, 0.25) is 53.2 Å². The predicted molar refractivity (Wildman–Crippen MR) is 282 cm³/mol. The molecule has 0 rings (SSSR count). The van der Waals surface area contributed by atoms with Gasteiger partial charge in [-0.25, -0.2) is 4.79 Å². The van der Waals surface area contributed by atoms with E-state index in [2.05, 4.69) is 47.9 Å². The van der Waals surface area contributed by atoms with E-state index in [1.807, 2.05) is 34.6 Å². The number of nitrogens with one attached hydrogen (secondary N) is 9. The highest BCUT2D eigenvalue weighted by Crippen LogP contribution is 2.13. The van der Waals surface area contributed by atoms with E-state index >= 15 is 0 Å². The van der Waals surface area contributed by atoms with E-state index in [9.17, 15) is 53.1 Å². The fourth-order valence-electron chi connectivity index (χ4n) is 7.59. The van der Waals surface area contributed by atoms with Gasteiger partial charge in [-0.1, -0.05) is 68.2 Å². The molecular formula is C50H95N13O11. The molecule has 11 unspecified atom stereocenters. The van der Waals surface area contributed by atoms with Gasteiger partial charge in [-0.2, -0.15) is 0 Å². The van der Waals surface area contributed by atoms with E-state index in [-0.39, 0.29) is 43.4 Å². The molecule has 0 fully saturated rings. The molecule has 11 atom stereocenters. The van der Waals surface area contributed by atoms with Gasteiger partial charge in [-0.3, -0.25) is 43.2 Å². The Kier molecular flexibility index (Phi) is 33.8. The molecule has 0 aliphatic heterocycles. The molecule has 0 bridgehead atoms. The largest absolute Gasteiger partial charge is 0.480 e. The summed E-state index contributed by atoms with van der Waals surface area (Å²) in [6.07, 6.45) is 4.67. The fourth-order valence-corrected chi connectivity index (χ4v) is 7.59. The van der Waals surface area contributed by atoms with E-state index < -0.39 is 125 Å². The first kappa shape index (κ1) is 68.5. The smallest absolute Gasteiger partial charge is 0.326 e. The molecule has 0 spiro atoms. The number of amides is 9. The maximum atomic E-state index is 13.9. The van der Waals surface area contributed by atoms with Crippen molar-refractivity contribution in [1.29, 1.82) is 0 Å². The molecule has 18 N–H and O–H groups in total. The van der Waals surface area contributed by atoms with Crippen LogP contribution in [-0.4, -0.2) is 144 Å². The Morgan fingerprint density at radius 1 is 0.392 bits per heavy atom. The van der Waals surface area contributed by atoms with Gasteiger partial charge in [0.15, 0.2) is 0 Å². The van der Waals surface area contributed by atoms with Gasteiger partial charge >= 0.3 is 5.97 Å². The van der Waals surface area contributed by atoms with Crippen LogP contribution in [0.2, 0.25) is 0 Å². The summed E-state index contributed by atoms with van der Waals surface area (Å²) in [5.41, 5.74) is 23.0. The van der Waals surface area contributed by atoms with E-state index in [0.717, 1.165) is 0 Å². The summed E-state index contributed by atoms with van der Waals surface area (Å²) < 4.78 is 0. The molecule has 0 aliphatic rings. The molecular weight excluding hydrogens is 959 g/mol. The lowest BCUT2D eigenvalue weighted by Gasteiger charge is -2.29. The summed E-state index contributed by atoms with van der Waals surface area (Å²) in [5.74, 6) is -8.41. The van der Waals surface area contributed by atoms with E-state index in [1.165, 1.54) is 20.8 Å². The van der Waals surface area contributed by atoms with Crippen LogP contribution in [0.1, 0.15) is 153 Å². The van der Waals surface area contributed by atoms with E-state index in [0.29, 0.717) is 71.0 Å². The molecule has 0 heterocycles. The molecule has 0 aliphatic carbocycles. The van der Waals surface area contributed by atoms with Crippen molar-refractivity contribution >= 4 is 59.1 Å². The zero-order chi connectivity index (χ0) is 56.8. The minimum Gasteiger partial charge on any atom is -0.480 e. The van der Waals surface area contributed by atoms with Crippen LogP contribution in [-0.2, 0) is 47.9 Å². The number of nitrogens with two attached hydrogens (primary N) is 4. The number of hydrogen-bond acceptors (Lipinski definition) is 14. The maximum Gasteiger partial charge on any atom is 0.326 e. The highest BCUT2D eigenvalue weighted by Gasteiger charge is 2.35. The second-order valence-corrected chi connectivity index (χ2v) is 20.6. The Morgan fingerprint density at radius 3 is 1.14 bits per heavy atom. The van der Waals surface area contributed by atoms with Gasteiger partial charge in [0.25, 0.3) is 0 Å². The third-order valence-corrected chi connectivity index (χ3v) is 12.4. The van der Waals surface area contributed by atoms with Crippen molar-refractivity contribution in [3.05, 3.63) is 0 Å². The van der Waals surface area contributed by atoms with Crippen LogP contribution in [0.4, 0.5) is 0 Å². The summed E-state index contributed by atoms with van der Waals surface area (Å²) in [4.78, 5) is 134. The lowest BCUT2D eigenvalue weighted by atomic mass is 9.97. The Bertz CT molecular complexity index is 1800. The van der Waals surface area contributed by atoms with Gasteiger partial charge in [0.05, 0.1) is 6.04 Å². The van der Waals surface area contributed by atoms with Crippen LogP contribution in [0, 0.1) is 23.7 Å². The topological polar surface area (TPSA) is 403 Å². The Hall–Kier alpha value is -5.46. The molecule has 9 amide bonds. The van der Waals surface area contributed by atoms with Gasteiger partial charge in [0.1, 0.15) is 54.4 Å². The average molecular weight is 1050 g/mol. The molecule has 24 heteroatoms. The fraction of sp³-hybridized carbons (Fsp3) is 0.800.